The molecule has 1 aromatic heterocycles. The molecular formula is C71H51NO. The van der Waals surface area contributed by atoms with Crippen LogP contribution in [0.15, 0.2) is 241 Å². The number of anilines is 3. The van der Waals surface area contributed by atoms with Crippen LogP contribution in [0.3, 0.4) is 0 Å². The van der Waals surface area contributed by atoms with E-state index in [-0.39, 0.29) is 10.8 Å². The normalized spacial score (nSPS) is 14.9. The highest BCUT2D eigenvalue weighted by Crippen LogP contribution is 2.67. The summed E-state index contributed by atoms with van der Waals surface area (Å²) in [7, 11) is 0. The summed E-state index contributed by atoms with van der Waals surface area (Å²) >= 11 is 0. The van der Waals surface area contributed by atoms with Crippen LogP contribution in [-0.2, 0) is 16.2 Å². The van der Waals surface area contributed by atoms with E-state index >= 15 is 0 Å². The highest BCUT2D eigenvalue weighted by molar-refractivity contribution is 6.02. The Morgan fingerprint density at radius 1 is 0.288 bits per heavy atom. The first-order valence-electron chi connectivity index (χ1n) is 25.7. The monoisotopic (exact) mass is 933 g/mol. The van der Waals surface area contributed by atoms with Crippen molar-refractivity contribution in [1.82, 2.24) is 0 Å². The van der Waals surface area contributed by atoms with Gasteiger partial charge in [-0.3, -0.25) is 0 Å². The van der Waals surface area contributed by atoms with Crippen molar-refractivity contribution >= 4 is 17.1 Å². The number of furan rings is 1. The molecular weight excluding hydrogens is 883 g/mol. The van der Waals surface area contributed by atoms with Crippen molar-refractivity contribution in [3.8, 4) is 78.3 Å². The van der Waals surface area contributed by atoms with Gasteiger partial charge in [0, 0.05) is 50.1 Å². The predicted octanol–water partition coefficient (Wildman–Crippen LogP) is 18.7. The van der Waals surface area contributed by atoms with E-state index in [4.69, 9.17) is 4.42 Å². The molecule has 1 spiro atoms. The van der Waals surface area contributed by atoms with Gasteiger partial charge in [-0.15, -0.1) is 0 Å². The third kappa shape index (κ3) is 5.69. The van der Waals surface area contributed by atoms with Crippen LogP contribution in [0, 0.1) is 0 Å². The van der Waals surface area contributed by atoms with Crippen molar-refractivity contribution in [2.24, 2.45) is 0 Å². The predicted molar refractivity (Wildman–Crippen MR) is 301 cm³/mol. The lowest BCUT2D eigenvalue weighted by Gasteiger charge is -2.30. The Balaban J connectivity index is 0.841. The molecule has 0 atom stereocenters. The summed E-state index contributed by atoms with van der Waals surface area (Å²) in [5.74, 6) is 1.82. The lowest BCUT2D eigenvalue weighted by molar-refractivity contribution is 0.588. The molecule has 4 aliphatic carbocycles. The molecule has 0 N–H and O–H groups in total. The van der Waals surface area contributed by atoms with Gasteiger partial charge in [0.2, 0.25) is 0 Å². The van der Waals surface area contributed by atoms with Gasteiger partial charge < -0.3 is 9.32 Å². The molecule has 346 valence electrons. The molecule has 0 amide bonds. The SMILES string of the molecule is CC1(C)c2ccccc2-c2ccc(N(c3ccc(-c4ccc(-c5oc(-c6ccccc6)c6c5-c5ccccc5C65c6ccccc6-c6ccccc65)cc4)cc3)c3ccc4c(c3)C(C)(C)c3ccccc3-4)cc21. The number of fused-ring (bicyclic) bond motifs is 16. The maximum absolute atomic E-state index is 7.32. The van der Waals surface area contributed by atoms with Crippen LogP contribution in [-0.4, -0.2) is 0 Å². The van der Waals surface area contributed by atoms with Crippen LogP contribution in [0.1, 0.15) is 72.2 Å². The van der Waals surface area contributed by atoms with E-state index in [1.807, 2.05) is 0 Å². The van der Waals surface area contributed by atoms with Crippen LogP contribution < -0.4 is 4.90 Å². The van der Waals surface area contributed by atoms with Gasteiger partial charge in [-0.05, 0) is 125 Å². The Morgan fingerprint density at radius 3 is 1.15 bits per heavy atom. The standard InChI is InChI=1S/C71H51NO/c1-69(2)58-25-13-8-20-51(58)55-40-38-49(42-63(55)69)72(50-39-41-56-52-21-9-14-26-59(52)70(3,4)64(56)43-50)48-36-34-45(35-37-48)44-30-32-47(33-31-44)67-65-57-24-12-17-29-62(57)71(66(65)68(73-67)46-18-6-5-7-19-46)60-27-15-10-22-53(60)54-23-11-16-28-61(54)71/h5-43H,1-4H3. The molecule has 2 nitrogen and oxygen atoms in total. The van der Waals surface area contributed by atoms with Crippen molar-refractivity contribution in [1.29, 1.82) is 0 Å². The molecule has 4 aliphatic rings. The Bertz CT molecular complexity index is 3920. The topological polar surface area (TPSA) is 16.4 Å². The molecule has 0 saturated heterocycles. The molecule has 2 heteroatoms. The summed E-state index contributed by atoms with van der Waals surface area (Å²) in [6.07, 6.45) is 0. The molecule has 11 aromatic rings. The Hall–Kier alpha value is -8.72. The van der Waals surface area contributed by atoms with Crippen LogP contribution >= 0.6 is 0 Å². The second kappa shape index (κ2) is 15.2. The maximum Gasteiger partial charge on any atom is 0.142 e. The summed E-state index contributed by atoms with van der Waals surface area (Å²) in [5, 5.41) is 0. The van der Waals surface area contributed by atoms with Crippen LogP contribution in [0.4, 0.5) is 17.1 Å². The molecule has 0 unspecified atom stereocenters. The molecule has 0 radical (unpaired) electrons. The molecule has 0 fully saturated rings. The van der Waals surface area contributed by atoms with Crippen LogP contribution in [0.25, 0.3) is 78.3 Å². The minimum absolute atomic E-state index is 0.123. The average Bonchev–Trinajstić information content (AvgIpc) is 4.19. The first-order chi connectivity index (χ1) is 35.7. The van der Waals surface area contributed by atoms with E-state index in [9.17, 15) is 0 Å². The quantitative estimate of drug-likeness (QED) is 0.165. The van der Waals surface area contributed by atoms with Crippen molar-refractivity contribution in [2.45, 2.75) is 43.9 Å². The fourth-order valence-corrected chi connectivity index (χ4v) is 13.7. The minimum atomic E-state index is -0.524. The summed E-state index contributed by atoms with van der Waals surface area (Å²) in [5.41, 5.74) is 28.0. The molecule has 0 saturated carbocycles. The summed E-state index contributed by atoms with van der Waals surface area (Å²) in [6, 6.07) is 87.9. The largest absolute Gasteiger partial charge is 0.455 e. The van der Waals surface area contributed by atoms with Gasteiger partial charge in [0.25, 0.3) is 0 Å². The van der Waals surface area contributed by atoms with Crippen molar-refractivity contribution < 1.29 is 4.42 Å². The number of benzene rings is 10. The van der Waals surface area contributed by atoms with Gasteiger partial charge in [0.15, 0.2) is 0 Å². The van der Waals surface area contributed by atoms with Crippen molar-refractivity contribution in [2.75, 3.05) is 4.90 Å². The maximum atomic E-state index is 7.32. The molecule has 10 aromatic carbocycles. The minimum Gasteiger partial charge on any atom is -0.455 e. The fraction of sp³-hybridized carbons (Fsp3) is 0.0986. The second-order valence-corrected chi connectivity index (χ2v) is 21.5. The zero-order valence-electron chi connectivity index (χ0n) is 41.4. The fourth-order valence-electron chi connectivity index (χ4n) is 13.7. The van der Waals surface area contributed by atoms with E-state index in [1.54, 1.807) is 0 Å². The van der Waals surface area contributed by atoms with Gasteiger partial charge in [-0.2, -0.15) is 0 Å². The molecule has 0 bridgehead atoms. The summed E-state index contributed by atoms with van der Waals surface area (Å²) in [4.78, 5) is 2.46. The van der Waals surface area contributed by atoms with Crippen LogP contribution in [0.5, 0.6) is 0 Å². The van der Waals surface area contributed by atoms with E-state index in [1.165, 1.54) is 89.0 Å². The van der Waals surface area contributed by atoms with Gasteiger partial charge in [-0.25, -0.2) is 0 Å². The number of rotatable bonds is 6. The zero-order valence-corrected chi connectivity index (χ0v) is 41.4. The first-order valence-corrected chi connectivity index (χ1v) is 25.7. The number of hydrogen-bond donors (Lipinski definition) is 0. The first kappa shape index (κ1) is 42.0. The van der Waals surface area contributed by atoms with Crippen LogP contribution in [0.2, 0.25) is 0 Å². The third-order valence-electron chi connectivity index (χ3n) is 17.1. The second-order valence-electron chi connectivity index (χ2n) is 21.5. The molecule has 73 heavy (non-hydrogen) atoms. The zero-order chi connectivity index (χ0) is 48.8. The van der Waals surface area contributed by atoms with Crippen molar-refractivity contribution in [3.05, 3.63) is 281 Å². The highest BCUT2D eigenvalue weighted by Gasteiger charge is 2.55. The number of hydrogen-bond acceptors (Lipinski definition) is 2. The van der Waals surface area contributed by atoms with Gasteiger partial charge >= 0.3 is 0 Å². The molecule has 15 rings (SSSR count). The number of nitrogens with zero attached hydrogens (tertiary/aromatic N) is 1. The van der Waals surface area contributed by atoms with Gasteiger partial charge in [0.1, 0.15) is 11.5 Å². The Kier molecular flexibility index (Phi) is 8.72. The lowest BCUT2D eigenvalue weighted by atomic mass is 9.70. The average molecular weight is 934 g/mol. The van der Waals surface area contributed by atoms with Crippen molar-refractivity contribution in [3.63, 3.8) is 0 Å². The van der Waals surface area contributed by atoms with E-state index < -0.39 is 5.41 Å². The third-order valence-corrected chi connectivity index (χ3v) is 17.1. The van der Waals surface area contributed by atoms with Gasteiger partial charge in [0.05, 0.1) is 5.41 Å². The summed E-state index contributed by atoms with van der Waals surface area (Å²) in [6.45, 7) is 9.47. The Labute approximate surface area is 427 Å². The highest BCUT2D eigenvalue weighted by atomic mass is 16.3. The summed E-state index contributed by atoms with van der Waals surface area (Å²) < 4.78 is 7.32. The van der Waals surface area contributed by atoms with E-state index in [0.717, 1.165) is 50.8 Å². The molecule has 1 heterocycles. The van der Waals surface area contributed by atoms with E-state index in [2.05, 4.69) is 269 Å². The molecule has 0 aliphatic heterocycles. The Morgan fingerprint density at radius 2 is 0.644 bits per heavy atom. The smallest absolute Gasteiger partial charge is 0.142 e. The lowest BCUT2D eigenvalue weighted by Crippen LogP contribution is -2.26. The van der Waals surface area contributed by atoms with E-state index in [0.29, 0.717) is 0 Å². The van der Waals surface area contributed by atoms with Gasteiger partial charge in [-0.1, -0.05) is 228 Å².